The van der Waals surface area contributed by atoms with Gasteiger partial charge in [-0.1, -0.05) is 0 Å². The number of nitrogens with one attached hydrogen (secondary N) is 1. The molecule has 1 aliphatic carbocycles. The van der Waals surface area contributed by atoms with Gasteiger partial charge in [-0.15, -0.1) is 11.3 Å². The summed E-state index contributed by atoms with van der Waals surface area (Å²) >= 11 is 1.55. The first kappa shape index (κ1) is 12.5. The highest BCUT2D eigenvalue weighted by molar-refractivity contribution is 7.14. The van der Waals surface area contributed by atoms with Gasteiger partial charge in [-0.25, -0.2) is 0 Å². The summed E-state index contributed by atoms with van der Waals surface area (Å²) in [6.07, 6.45) is 3.67. The van der Waals surface area contributed by atoms with E-state index in [4.69, 9.17) is 10.2 Å². The second-order valence-electron chi connectivity index (χ2n) is 4.31. The first-order valence-corrected chi connectivity index (χ1v) is 6.71. The number of carbonyl (C=O) groups is 1. The molecule has 0 aromatic carbocycles. The van der Waals surface area contributed by atoms with Crippen molar-refractivity contribution in [2.75, 3.05) is 13.2 Å². The summed E-state index contributed by atoms with van der Waals surface area (Å²) in [7, 11) is 0. The first-order valence-electron chi connectivity index (χ1n) is 5.89. The molecule has 5 heteroatoms. The van der Waals surface area contributed by atoms with E-state index in [0.717, 1.165) is 12.8 Å². The van der Waals surface area contributed by atoms with E-state index in [1.807, 2.05) is 6.07 Å². The second-order valence-corrected chi connectivity index (χ2v) is 5.45. The van der Waals surface area contributed by atoms with Gasteiger partial charge in [-0.05, 0) is 37.3 Å². The number of hydrogen-bond donors (Lipinski definition) is 3. The summed E-state index contributed by atoms with van der Waals surface area (Å²) in [6, 6.07) is 1.96. The highest BCUT2D eigenvalue weighted by Gasteiger charge is 2.17. The fourth-order valence-electron chi connectivity index (χ4n) is 1.96. The number of fused-ring (bicyclic) bond motifs is 1. The normalized spacial score (nSPS) is 16.4. The molecule has 0 spiro atoms. The van der Waals surface area contributed by atoms with Crippen molar-refractivity contribution in [1.29, 1.82) is 0 Å². The minimum atomic E-state index is -0.881. The minimum absolute atomic E-state index is 0.0951. The molecule has 1 heterocycles. The molecule has 0 bridgehead atoms. The number of aliphatic hydroxyl groups excluding tert-OH is 2. The molecule has 94 valence electrons. The molecule has 1 amide bonds. The molecule has 0 saturated heterocycles. The van der Waals surface area contributed by atoms with Gasteiger partial charge in [0.05, 0.1) is 17.6 Å². The third-order valence-electron chi connectivity index (χ3n) is 2.93. The van der Waals surface area contributed by atoms with Crippen molar-refractivity contribution in [3.63, 3.8) is 0 Å². The minimum Gasteiger partial charge on any atom is -0.394 e. The SMILES string of the molecule is O=C(NCC(O)CO)c1cc2c(s1)CCCC2. The summed E-state index contributed by atoms with van der Waals surface area (Å²) in [5.41, 5.74) is 1.30. The van der Waals surface area contributed by atoms with E-state index < -0.39 is 6.10 Å². The van der Waals surface area contributed by atoms with Crippen LogP contribution >= 0.6 is 11.3 Å². The van der Waals surface area contributed by atoms with Gasteiger partial charge in [0.25, 0.3) is 5.91 Å². The Labute approximate surface area is 104 Å². The molecule has 1 aromatic rings. The quantitative estimate of drug-likeness (QED) is 0.742. The number of rotatable bonds is 4. The summed E-state index contributed by atoms with van der Waals surface area (Å²) in [5.74, 6) is -0.156. The van der Waals surface area contributed by atoms with Gasteiger partial charge in [-0.3, -0.25) is 4.79 Å². The van der Waals surface area contributed by atoms with Crippen LogP contribution in [-0.4, -0.2) is 35.4 Å². The zero-order valence-electron chi connectivity index (χ0n) is 9.61. The maximum absolute atomic E-state index is 11.8. The molecule has 17 heavy (non-hydrogen) atoms. The number of aryl methyl sites for hydroxylation is 2. The molecule has 0 aliphatic heterocycles. The van der Waals surface area contributed by atoms with Crippen molar-refractivity contribution in [1.82, 2.24) is 5.32 Å². The molecule has 1 aromatic heterocycles. The van der Waals surface area contributed by atoms with Gasteiger partial charge in [0.2, 0.25) is 0 Å². The van der Waals surface area contributed by atoms with Crippen LogP contribution in [0.5, 0.6) is 0 Å². The molecule has 4 nitrogen and oxygen atoms in total. The smallest absolute Gasteiger partial charge is 0.261 e. The molecule has 0 radical (unpaired) electrons. The monoisotopic (exact) mass is 255 g/mol. The fourth-order valence-corrected chi connectivity index (χ4v) is 3.13. The molecular formula is C12H17NO3S. The van der Waals surface area contributed by atoms with Crippen LogP contribution in [0, 0.1) is 0 Å². The highest BCUT2D eigenvalue weighted by atomic mass is 32.1. The molecule has 3 N–H and O–H groups in total. The largest absolute Gasteiger partial charge is 0.394 e. The van der Waals surface area contributed by atoms with Gasteiger partial charge in [0, 0.05) is 11.4 Å². The second kappa shape index (κ2) is 5.62. The van der Waals surface area contributed by atoms with Crippen molar-refractivity contribution in [2.24, 2.45) is 0 Å². The van der Waals surface area contributed by atoms with Crippen LogP contribution < -0.4 is 5.32 Å². The molecule has 2 rings (SSSR count). The summed E-state index contributed by atoms with van der Waals surface area (Å²) in [5, 5.41) is 20.4. The highest BCUT2D eigenvalue weighted by Crippen LogP contribution is 2.29. The van der Waals surface area contributed by atoms with Gasteiger partial charge in [0.1, 0.15) is 0 Å². The molecule has 1 atom stereocenters. The lowest BCUT2D eigenvalue weighted by atomic mass is 9.99. The van der Waals surface area contributed by atoms with Crippen LogP contribution in [-0.2, 0) is 12.8 Å². The van der Waals surface area contributed by atoms with Crippen LogP contribution in [0.25, 0.3) is 0 Å². The maximum atomic E-state index is 11.8. The lowest BCUT2D eigenvalue weighted by Gasteiger charge is -2.08. The summed E-state index contributed by atoms with van der Waals surface area (Å²) in [6.45, 7) is -0.237. The third kappa shape index (κ3) is 3.06. The predicted octanol–water partition coefficient (Wildman–Crippen LogP) is 0.710. The van der Waals surface area contributed by atoms with Crippen LogP contribution in [0.15, 0.2) is 6.07 Å². The molecule has 0 fully saturated rings. The van der Waals surface area contributed by atoms with E-state index in [-0.39, 0.29) is 19.1 Å². The van der Waals surface area contributed by atoms with E-state index in [0.29, 0.717) is 4.88 Å². The number of thiophene rings is 1. The van der Waals surface area contributed by atoms with Crippen LogP contribution in [0.3, 0.4) is 0 Å². The van der Waals surface area contributed by atoms with Crippen LogP contribution in [0.2, 0.25) is 0 Å². The molecule has 1 aliphatic rings. The summed E-state index contributed by atoms with van der Waals surface area (Å²) < 4.78 is 0. The Morgan fingerprint density at radius 3 is 2.94 bits per heavy atom. The Kier molecular flexibility index (Phi) is 4.15. The molecule has 1 unspecified atom stereocenters. The lowest BCUT2D eigenvalue weighted by molar-refractivity contribution is 0.0804. The Balaban J connectivity index is 1.97. The summed E-state index contributed by atoms with van der Waals surface area (Å²) in [4.78, 5) is 13.8. The number of carbonyl (C=O) groups excluding carboxylic acids is 1. The van der Waals surface area contributed by atoms with E-state index in [9.17, 15) is 4.79 Å². The van der Waals surface area contributed by atoms with Crippen LogP contribution in [0.1, 0.15) is 33.0 Å². The zero-order chi connectivity index (χ0) is 12.3. The Hall–Kier alpha value is -0.910. The first-order chi connectivity index (χ1) is 8.20. The van der Waals surface area contributed by atoms with Crippen molar-refractivity contribution < 1.29 is 15.0 Å². The van der Waals surface area contributed by atoms with E-state index in [1.54, 1.807) is 11.3 Å². The topological polar surface area (TPSA) is 69.6 Å². The number of aliphatic hydroxyl groups is 2. The van der Waals surface area contributed by atoms with Crippen molar-refractivity contribution >= 4 is 17.2 Å². The Morgan fingerprint density at radius 2 is 2.24 bits per heavy atom. The zero-order valence-corrected chi connectivity index (χ0v) is 10.4. The van der Waals surface area contributed by atoms with E-state index in [1.165, 1.54) is 23.3 Å². The number of hydrogen-bond acceptors (Lipinski definition) is 4. The van der Waals surface area contributed by atoms with Gasteiger partial charge in [0.15, 0.2) is 0 Å². The molecule has 0 saturated carbocycles. The Morgan fingerprint density at radius 1 is 1.47 bits per heavy atom. The maximum Gasteiger partial charge on any atom is 0.261 e. The molecular weight excluding hydrogens is 238 g/mol. The van der Waals surface area contributed by atoms with Crippen molar-refractivity contribution in [3.8, 4) is 0 Å². The average Bonchev–Trinajstić information content (AvgIpc) is 2.79. The van der Waals surface area contributed by atoms with Gasteiger partial charge in [-0.2, -0.15) is 0 Å². The Bertz CT molecular complexity index is 379. The van der Waals surface area contributed by atoms with E-state index >= 15 is 0 Å². The lowest BCUT2D eigenvalue weighted by Crippen LogP contribution is -2.33. The van der Waals surface area contributed by atoms with Crippen LogP contribution in [0.4, 0.5) is 0 Å². The predicted molar refractivity (Wildman–Crippen MR) is 66.4 cm³/mol. The average molecular weight is 255 g/mol. The fraction of sp³-hybridized carbons (Fsp3) is 0.583. The van der Waals surface area contributed by atoms with E-state index in [2.05, 4.69) is 5.32 Å². The van der Waals surface area contributed by atoms with Gasteiger partial charge >= 0.3 is 0 Å². The van der Waals surface area contributed by atoms with Crippen molar-refractivity contribution in [3.05, 3.63) is 21.4 Å². The standard InChI is InChI=1S/C12H17NO3S/c14-7-9(15)6-13-12(16)11-5-8-3-1-2-4-10(8)17-11/h5,9,14-15H,1-4,6-7H2,(H,13,16). The third-order valence-corrected chi connectivity index (χ3v) is 4.17. The number of amides is 1. The van der Waals surface area contributed by atoms with Crippen molar-refractivity contribution in [2.45, 2.75) is 31.8 Å². The van der Waals surface area contributed by atoms with Gasteiger partial charge < -0.3 is 15.5 Å².